The van der Waals surface area contributed by atoms with Gasteiger partial charge in [0.1, 0.15) is 12.8 Å². The van der Waals surface area contributed by atoms with Gasteiger partial charge >= 0.3 is 0 Å². The first-order valence-corrected chi connectivity index (χ1v) is 11.0. The smallest absolute Gasteiger partial charge is 0.291 e. The highest BCUT2D eigenvalue weighted by molar-refractivity contribution is 7.89. The first-order chi connectivity index (χ1) is 13.7. The summed E-state index contributed by atoms with van der Waals surface area (Å²) in [5.74, 6) is -2.66. The Hall–Kier alpha value is -2.30. The van der Waals surface area contributed by atoms with Gasteiger partial charge in [0, 0.05) is 6.61 Å². The van der Waals surface area contributed by atoms with E-state index in [1.54, 1.807) is 32.0 Å². The maximum absolute atomic E-state index is 12.8. The van der Waals surface area contributed by atoms with Gasteiger partial charge in [-0.25, -0.2) is 8.42 Å². The van der Waals surface area contributed by atoms with Gasteiger partial charge < -0.3 is 15.4 Å². The minimum atomic E-state index is -3.93. The number of carbonyl (C=O) groups excluding carboxylic acids is 3. The molecule has 10 heteroatoms. The number of amides is 2. The van der Waals surface area contributed by atoms with Crippen molar-refractivity contribution < 1.29 is 27.5 Å². The zero-order valence-electron chi connectivity index (χ0n) is 16.5. The van der Waals surface area contributed by atoms with E-state index in [0.717, 1.165) is 0 Å². The average Bonchev–Trinajstić information content (AvgIpc) is 2.69. The molecule has 0 aliphatic carbocycles. The van der Waals surface area contributed by atoms with Gasteiger partial charge in [-0.2, -0.15) is 4.72 Å². The molecule has 2 amide bonds. The van der Waals surface area contributed by atoms with Gasteiger partial charge in [-0.15, -0.1) is 0 Å². The summed E-state index contributed by atoms with van der Waals surface area (Å²) >= 11 is 0. The van der Waals surface area contributed by atoms with Crippen LogP contribution in [0.25, 0.3) is 0 Å². The lowest BCUT2D eigenvalue weighted by atomic mass is 10.0. The van der Waals surface area contributed by atoms with Crippen molar-refractivity contribution in [2.75, 3.05) is 13.3 Å². The zero-order chi connectivity index (χ0) is 21.4. The highest BCUT2D eigenvalue weighted by atomic mass is 32.2. The van der Waals surface area contributed by atoms with Crippen molar-refractivity contribution in [2.45, 2.75) is 50.1 Å². The van der Waals surface area contributed by atoms with Crippen LogP contribution in [0.3, 0.4) is 0 Å². The van der Waals surface area contributed by atoms with Crippen LogP contribution in [0.15, 0.2) is 35.2 Å². The van der Waals surface area contributed by atoms with Crippen LogP contribution in [-0.4, -0.2) is 51.4 Å². The molecule has 2 unspecified atom stereocenters. The van der Waals surface area contributed by atoms with Gasteiger partial charge in [0.05, 0.1) is 10.9 Å². The van der Waals surface area contributed by atoms with E-state index in [-0.39, 0.29) is 24.0 Å². The fraction of sp³-hybridized carbons (Fsp3) is 0.526. The number of sulfonamides is 1. The topological polar surface area (TPSA) is 131 Å². The van der Waals surface area contributed by atoms with Crippen molar-refractivity contribution in [3.8, 4) is 0 Å². The highest BCUT2D eigenvalue weighted by Gasteiger charge is 2.33. The van der Waals surface area contributed by atoms with E-state index in [2.05, 4.69) is 15.4 Å². The van der Waals surface area contributed by atoms with Crippen LogP contribution in [0.2, 0.25) is 0 Å². The molecule has 1 fully saturated rings. The molecule has 1 aliphatic heterocycles. The molecule has 9 nitrogen and oxygen atoms in total. The normalized spacial score (nSPS) is 20.0. The van der Waals surface area contributed by atoms with Crippen LogP contribution < -0.4 is 15.4 Å². The molecule has 29 heavy (non-hydrogen) atoms. The molecule has 1 aliphatic rings. The predicted molar refractivity (Wildman–Crippen MR) is 105 cm³/mol. The van der Waals surface area contributed by atoms with Crippen LogP contribution in [-0.2, 0) is 29.1 Å². The highest BCUT2D eigenvalue weighted by Crippen LogP contribution is 2.13. The van der Waals surface area contributed by atoms with E-state index >= 15 is 0 Å². The second-order valence-electron chi connectivity index (χ2n) is 7.14. The maximum Gasteiger partial charge on any atom is 0.291 e. The molecule has 1 heterocycles. The summed E-state index contributed by atoms with van der Waals surface area (Å²) in [6.07, 6.45) is 1.51. The van der Waals surface area contributed by atoms with E-state index in [9.17, 15) is 22.8 Å². The van der Waals surface area contributed by atoms with Crippen molar-refractivity contribution in [1.82, 2.24) is 15.4 Å². The molecule has 0 aromatic heterocycles. The summed E-state index contributed by atoms with van der Waals surface area (Å²) in [5, 5.41) is 4.90. The van der Waals surface area contributed by atoms with Gasteiger partial charge in [0.25, 0.3) is 5.91 Å². The van der Waals surface area contributed by atoms with Crippen LogP contribution in [0.4, 0.5) is 0 Å². The molecule has 160 valence electrons. The first-order valence-electron chi connectivity index (χ1n) is 9.50. The van der Waals surface area contributed by atoms with Crippen molar-refractivity contribution in [2.24, 2.45) is 5.92 Å². The first kappa shape index (κ1) is 23.0. The lowest BCUT2D eigenvalue weighted by Gasteiger charge is -2.25. The number of ether oxygens (including phenoxy) is 1. The molecule has 0 radical (unpaired) electrons. The third kappa shape index (κ3) is 6.62. The van der Waals surface area contributed by atoms with Crippen LogP contribution >= 0.6 is 0 Å². The second kappa shape index (κ2) is 10.5. The van der Waals surface area contributed by atoms with Gasteiger partial charge in [0.2, 0.25) is 21.7 Å². The van der Waals surface area contributed by atoms with Crippen molar-refractivity contribution in [1.29, 1.82) is 0 Å². The quantitative estimate of drug-likeness (QED) is 0.563. The van der Waals surface area contributed by atoms with E-state index in [1.165, 1.54) is 12.1 Å². The van der Waals surface area contributed by atoms with E-state index in [1.807, 2.05) is 0 Å². The largest absolute Gasteiger partial charge is 0.361 e. The number of carbonyl (C=O) groups is 3. The minimum absolute atomic E-state index is 0.0348. The molecule has 0 saturated carbocycles. The number of hydrogen-bond donors (Lipinski definition) is 3. The van der Waals surface area contributed by atoms with Crippen LogP contribution in [0.1, 0.15) is 33.1 Å². The zero-order valence-corrected chi connectivity index (χ0v) is 17.3. The number of hydrogen-bond acceptors (Lipinski definition) is 6. The Balaban J connectivity index is 2.14. The third-order valence-electron chi connectivity index (χ3n) is 4.51. The SMILES string of the molecule is CC(C)C(NS(=O)(=O)c1ccccc1)C(=O)NC1CCCCOCNC(=O)C1=O. The summed E-state index contributed by atoms with van der Waals surface area (Å²) in [6.45, 7) is 3.74. The van der Waals surface area contributed by atoms with Crippen molar-refractivity contribution in [3.05, 3.63) is 30.3 Å². The lowest BCUT2D eigenvalue weighted by Crippen LogP contribution is -2.55. The number of Topliss-reactive ketones (excluding diaryl/α,β-unsaturated/α-hetero) is 1. The number of ketones is 1. The van der Waals surface area contributed by atoms with E-state index in [4.69, 9.17) is 4.74 Å². The number of rotatable bonds is 6. The molecule has 1 saturated heterocycles. The fourth-order valence-electron chi connectivity index (χ4n) is 2.84. The summed E-state index contributed by atoms with van der Waals surface area (Å²) in [6, 6.07) is 5.58. The molecule has 0 bridgehead atoms. The van der Waals surface area contributed by atoms with Gasteiger partial charge in [-0.05, 0) is 37.3 Å². The Kier molecular flexibility index (Phi) is 8.30. The number of nitrogens with one attached hydrogen (secondary N) is 3. The van der Waals surface area contributed by atoms with Gasteiger partial charge in [-0.1, -0.05) is 32.0 Å². The summed E-state index contributed by atoms with van der Waals surface area (Å²) in [5.41, 5.74) is 0. The Morgan fingerprint density at radius 1 is 1.17 bits per heavy atom. The maximum atomic E-state index is 12.8. The van der Waals surface area contributed by atoms with E-state index < -0.39 is 39.7 Å². The predicted octanol–water partition coefficient (Wildman–Crippen LogP) is 0.318. The third-order valence-corrected chi connectivity index (χ3v) is 5.96. The Morgan fingerprint density at radius 3 is 2.52 bits per heavy atom. The second-order valence-corrected chi connectivity index (χ2v) is 8.85. The fourth-order valence-corrected chi connectivity index (χ4v) is 4.21. The summed E-state index contributed by atoms with van der Waals surface area (Å²) in [4.78, 5) is 37.2. The average molecular weight is 426 g/mol. The summed E-state index contributed by atoms with van der Waals surface area (Å²) in [7, 11) is -3.93. The van der Waals surface area contributed by atoms with Crippen molar-refractivity contribution in [3.63, 3.8) is 0 Å². The monoisotopic (exact) mass is 425 g/mol. The molecule has 1 aromatic carbocycles. The Bertz CT molecular complexity index is 826. The standard InChI is InChI=1S/C19H27N3O6S/c1-13(2)16(22-29(26,27)14-8-4-3-5-9-14)18(24)21-15-10-6-7-11-28-12-20-19(25)17(15)23/h3-5,8-9,13,15-16,22H,6-7,10-12H2,1-2H3,(H,20,25)(H,21,24). The Morgan fingerprint density at radius 2 is 1.86 bits per heavy atom. The minimum Gasteiger partial charge on any atom is -0.361 e. The lowest BCUT2D eigenvalue weighted by molar-refractivity contribution is -0.141. The molecule has 1 aromatic rings. The molecule has 2 rings (SSSR count). The van der Waals surface area contributed by atoms with Crippen molar-refractivity contribution >= 4 is 27.6 Å². The molecule has 3 N–H and O–H groups in total. The van der Waals surface area contributed by atoms with Crippen LogP contribution in [0.5, 0.6) is 0 Å². The molecule has 0 spiro atoms. The van der Waals surface area contributed by atoms with E-state index in [0.29, 0.717) is 19.4 Å². The summed E-state index contributed by atoms with van der Waals surface area (Å²) < 4.78 is 32.8. The van der Waals surface area contributed by atoms with Crippen LogP contribution in [0, 0.1) is 5.92 Å². The van der Waals surface area contributed by atoms with Gasteiger partial charge in [-0.3, -0.25) is 14.4 Å². The molecule has 2 atom stereocenters. The molecular weight excluding hydrogens is 398 g/mol. The number of benzene rings is 1. The van der Waals surface area contributed by atoms with Gasteiger partial charge in [0.15, 0.2) is 0 Å². The Labute approximate surface area is 170 Å². The molecular formula is C19H27N3O6S.